The van der Waals surface area contributed by atoms with E-state index < -0.39 is 0 Å². The second kappa shape index (κ2) is 7.33. The summed E-state index contributed by atoms with van der Waals surface area (Å²) in [5.74, 6) is 0.00809. The predicted octanol–water partition coefficient (Wildman–Crippen LogP) is 2.11. The number of alkyl halides is 1. The monoisotopic (exact) mass is 285 g/mol. The minimum Gasteiger partial charge on any atom is -0.342 e. The Kier molecular flexibility index (Phi) is 6.00. The van der Waals surface area contributed by atoms with Crippen LogP contribution in [-0.4, -0.2) is 39.9 Å². The summed E-state index contributed by atoms with van der Waals surface area (Å²) in [6, 6.07) is 1.68. The molecule has 0 unspecified atom stereocenters. The Hall–Kier alpha value is -0.970. The van der Waals surface area contributed by atoms with E-state index >= 15 is 0 Å². The highest BCUT2D eigenvalue weighted by Crippen LogP contribution is 2.04. The van der Waals surface area contributed by atoms with Crippen molar-refractivity contribution in [2.24, 2.45) is 0 Å². The van der Waals surface area contributed by atoms with Gasteiger partial charge in [-0.25, -0.2) is 0 Å². The molecule has 0 aliphatic carbocycles. The van der Waals surface area contributed by atoms with Gasteiger partial charge in [-0.05, 0) is 18.9 Å². The smallest absolute Gasteiger partial charge is 0.255 e. The molecular formula is C11H16BrN3O. The molecular weight excluding hydrogens is 270 g/mol. The number of hydrogen-bond donors (Lipinski definition) is 0. The first-order valence-electron chi connectivity index (χ1n) is 5.34. The van der Waals surface area contributed by atoms with E-state index in [1.165, 1.54) is 12.4 Å². The molecule has 16 heavy (non-hydrogen) atoms. The van der Waals surface area contributed by atoms with Crippen LogP contribution in [0.25, 0.3) is 0 Å². The fourth-order valence-corrected chi connectivity index (χ4v) is 1.76. The van der Waals surface area contributed by atoms with Gasteiger partial charge < -0.3 is 4.90 Å². The van der Waals surface area contributed by atoms with E-state index in [2.05, 4.69) is 26.1 Å². The lowest BCUT2D eigenvalue weighted by atomic mass is 10.2. The summed E-state index contributed by atoms with van der Waals surface area (Å²) in [5, 5.41) is 8.37. The standard InChI is InChI=1S/C11H16BrN3O/c1-15(8-4-2-3-6-12)11(16)10-5-7-13-14-9-10/h5,7,9H,2-4,6,8H2,1H3. The van der Waals surface area contributed by atoms with Crippen LogP contribution in [-0.2, 0) is 0 Å². The Morgan fingerprint density at radius 2 is 2.19 bits per heavy atom. The van der Waals surface area contributed by atoms with Crippen molar-refractivity contribution in [3.05, 3.63) is 24.0 Å². The van der Waals surface area contributed by atoms with Crippen molar-refractivity contribution in [1.82, 2.24) is 15.1 Å². The SMILES string of the molecule is CN(CCCCCBr)C(=O)c1ccnnc1. The fourth-order valence-electron chi connectivity index (χ4n) is 1.36. The number of unbranched alkanes of at least 4 members (excludes halogenated alkanes) is 2. The molecule has 0 spiro atoms. The van der Waals surface area contributed by atoms with Crippen LogP contribution >= 0.6 is 15.9 Å². The zero-order valence-corrected chi connectivity index (χ0v) is 11.0. The Labute approximate surface area is 104 Å². The number of nitrogens with zero attached hydrogens (tertiary/aromatic N) is 3. The molecule has 1 aromatic heterocycles. The quantitative estimate of drug-likeness (QED) is 0.594. The van der Waals surface area contributed by atoms with E-state index in [1.54, 1.807) is 11.0 Å². The predicted molar refractivity (Wildman–Crippen MR) is 66.6 cm³/mol. The summed E-state index contributed by atoms with van der Waals surface area (Å²) >= 11 is 3.39. The third-order valence-corrected chi connectivity index (χ3v) is 2.87. The second-order valence-electron chi connectivity index (χ2n) is 3.61. The van der Waals surface area contributed by atoms with Gasteiger partial charge in [-0.2, -0.15) is 10.2 Å². The van der Waals surface area contributed by atoms with Crippen LogP contribution in [0.2, 0.25) is 0 Å². The van der Waals surface area contributed by atoms with Gasteiger partial charge in [0.05, 0.1) is 18.0 Å². The highest BCUT2D eigenvalue weighted by Gasteiger charge is 2.10. The van der Waals surface area contributed by atoms with Crippen molar-refractivity contribution in [2.45, 2.75) is 19.3 Å². The molecule has 0 aliphatic heterocycles. The summed E-state index contributed by atoms with van der Waals surface area (Å²) in [4.78, 5) is 13.6. The van der Waals surface area contributed by atoms with Crippen LogP contribution in [0.4, 0.5) is 0 Å². The largest absolute Gasteiger partial charge is 0.342 e. The van der Waals surface area contributed by atoms with Crippen LogP contribution in [0.1, 0.15) is 29.6 Å². The van der Waals surface area contributed by atoms with Gasteiger partial charge in [0.25, 0.3) is 5.91 Å². The minimum absolute atomic E-state index is 0.00809. The van der Waals surface area contributed by atoms with Crippen molar-refractivity contribution in [3.63, 3.8) is 0 Å². The molecule has 0 saturated heterocycles. The van der Waals surface area contributed by atoms with Crippen LogP contribution in [0, 0.1) is 0 Å². The molecule has 0 saturated carbocycles. The molecule has 0 N–H and O–H groups in total. The van der Waals surface area contributed by atoms with Crippen LogP contribution in [0.3, 0.4) is 0 Å². The zero-order chi connectivity index (χ0) is 11.8. The molecule has 1 aromatic rings. The van der Waals surface area contributed by atoms with Gasteiger partial charge in [0.15, 0.2) is 0 Å². The Morgan fingerprint density at radius 1 is 1.38 bits per heavy atom. The van der Waals surface area contributed by atoms with Gasteiger partial charge >= 0.3 is 0 Å². The maximum absolute atomic E-state index is 11.9. The van der Waals surface area contributed by atoms with Gasteiger partial charge in [0.1, 0.15) is 0 Å². The zero-order valence-electron chi connectivity index (χ0n) is 9.40. The number of hydrogen-bond acceptors (Lipinski definition) is 3. The molecule has 0 fully saturated rings. The van der Waals surface area contributed by atoms with E-state index in [4.69, 9.17) is 0 Å². The van der Waals surface area contributed by atoms with E-state index in [-0.39, 0.29) is 5.91 Å². The first kappa shape index (κ1) is 13.1. The molecule has 0 aromatic carbocycles. The molecule has 1 rings (SSSR count). The molecule has 0 bridgehead atoms. The highest BCUT2D eigenvalue weighted by molar-refractivity contribution is 9.09. The average molecular weight is 286 g/mol. The van der Waals surface area contributed by atoms with Crippen LogP contribution in [0.5, 0.6) is 0 Å². The topological polar surface area (TPSA) is 46.1 Å². The maximum atomic E-state index is 11.9. The van der Waals surface area contributed by atoms with Gasteiger partial charge in [0, 0.05) is 18.9 Å². The highest BCUT2D eigenvalue weighted by atomic mass is 79.9. The Morgan fingerprint density at radius 3 is 2.81 bits per heavy atom. The van der Waals surface area contributed by atoms with E-state index in [1.807, 2.05) is 7.05 Å². The van der Waals surface area contributed by atoms with Gasteiger partial charge in [0.2, 0.25) is 0 Å². The number of carbonyl (C=O) groups excluding carboxylic acids is 1. The molecule has 88 valence electrons. The summed E-state index contributed by atoms with van der Waals surface area (Å²) in [6.07, 6.45) is 6.35. The van der Waals surface area contributed by atoms with Crippen LogP contribution in [0.15, 0.2) is 18.5 Å². The fraction of sp³-hybridized carbons (Fsp3) is 0.545. The number of amides is 1. The molecule has 4 nitrogen and oxygen atoms in total. The van der Waals surface area contributed by atoms with E-state index in [0.29, 0.717) is 5.56 Å². The number of aromatic nitrogens is 2. The van der Waals surface area contributed by atoms with Crippen molar-refractivity contribution >= 4 is 21.8 Å². The third kappa shape index (κ3) is 4.26. The lowest BCUT2D eigenvalue weighted by Crippen LogP contribution is -2.27. The first-order chi connectivity index (χ1) is 7.75. The number of halogens is 1. The van der Waals surface area contributed by atoms with Crippen molar-refractivity contribution in [3.8, 4) is 0 Å². The Balaban J connectivity index is 2.37. The van der Waals surface area contributed by atoms with Crippen molar-refractivity contribution in [2.75, 3.05) is 18.9 Å². The Bertz CT molecular complexity index is 318. The first-order valence-corrected chi connectivity index (χ1v) is 6.46. The minimum atomic E-state index is 0.00809. The lowest BCUT2D eigenvalue weighted by Gasteiger charge is -2.16. The molecule has 0 atom stereocenters. The number of carbonyl (C=O) groups is 1. The van der Waals surface area contributed by atoms with E-state index in [0.717, 1.165) is 31.1 Å². The molecule has 1 amide bonds. The summed E-state index contributed by atoms with van der Waals surface area (Å²) in [7, 11) is 1.82. The van der Waals surface area contributed by atoms with Gasteiger partial charge in [-0.3, -0.25) is 4.79 Å². The maximum Gasteiger partial charge on any atom is 0.255 e. The van der Waals surface area contributed by atoms with Gasteiger partial charge in [-0.15, -0.1) is 0 Å². The second-order valence-corrected chi connectivity index (χ2v) is 4.40. The van der Waals surface area contributed by atoms with Crippen LogP contribution < -0.4 is 0 Å². The van der Waals surface area contributed by atoms with Gasteiger partial charge in [-0.1, -0.05) is 22.4 Å². The average Bonchev–Trinajstić information content (AvgIpc) is 2.34. The summed E-state index contributed by atoms with van der Waals surface area (Å²) < 4.78 is 0. The van der Waals surface area contributed by atoms with Crippen molar-refractivity contribution < 1.29 is 4.79 Å². The number of rotatable bonds is 6. The van der Waals surface area contributed by atoms with E-state index in [9.17, 15) is 4.79 Å². The molecule has 1 heterocycles. The molecule has 5 heteroatoms. The normalized spacial score (nSPS) is 10.1. The summed E-state index contributed by atoms with van der Waals surface area (Å²) in [6.45, 7) is 0.786. The molecule has 0 radical (unpaired) electrons. The summed E-state index contributed by atoms with van der Waals surface area (Å²) in [5.41, 5.74) is 0.595. The molecule has 0 aliphatic rings. The third-order valence-electron chi connectivity index (χ3n) is 2.31. The lowest BCUT2D eigenvalue weighted by molar-refractivity contribution is 0.0792. The van der Waals surface area contributed by atoms with Crippen molar-refractivity contribution in [1.29, 1.82) is 0 Å².